The molecular weight excluding hydrogens is 244 g/mol. The molecule has 18 heavy (non-hydrogen) atoms. The lowest BCUT2D eigenvalue weighted by Gasteiger charge is -2.00. The molecule has 0 spiro atoms. The summed E-state index contributed by atoms with van der Waals surface area (Å²) in [5, 5.41) is 0.317. The molecular formula is C15H30O2S. The van der Waals surface area contributed by atoms with Gasteiger partial charge in [-0.1, -0.05) is 59.7 Å². The first-order valence-electron chi connectivity index (χ1n) is 7.06. The summed E-state index contributed by atoms with van der Waals surface area (Å²) in [5.74, 6) is 1.80. The molecule has 0 saturated heterocycles. The molecule has 0 radical (unpaired) electrons. The van der Waals surface area contributed by atoms with Gasteiger partial charge < -0.3 is 0 Å². The van der Waals surface area contributed by atoms with E-state index in [0.29, 0.717) is 10.9 Å². The summed E-state index contributed by atoms with van der Waals surface area (Å²) in [4.78, 5) is 21.8. The van der Waals surface area contributed by atoms with Gasteiger partial charge in [-0.2, -0.15) is 0 Å². The van der Waals surface area contributed by atoms with E-state index in [0.717, 1.165) is 31.4 Å². The van der Waals surface area contributed by atoms with Crippen molar-refractivity contribution in [3.8, 4) is 0 Å². The molecule has 108 valence electrons. The van der Waals surface area contributed by atoms with Crippen LogP contribution >= 0.6 is 11.8 Å². The van der Waals surface area contributed by atoms with Gasteiger partial charge in [0.15, 0.2) is 5.12 Å². The molecule has 0 heterocycles. The van der Waals surface area contributed by atoms with Crippen LogP contribution in [0, 0.1) is 11.8 Å². The number of carbonyl (C=O) groups is 2. The summed E-state index contributed by atoms with van der Waals surface area (Å²) in [6.07, 6.45) is 4.03. The summed E-state index contributed by atoms with van der Waals surface area (Å²) in [5.41, 5.74) is 0. The molecule has 0 aliphatic heterocycles. The normalized spacial score (nSPS) is 10.2. The Hall–Kier alpha value is -0.310. The SMILES string of the molecule is CCCCC(=O)C(C)C.CCCSC(=O)C(C)C. The summed E-state index contributed by atoms with van der Waals surface area (Å²) in [6.45, 7) is 12.0. The molecule has 0 unspecified atom stereocenters. The summed E-state index contributed by atoms with van der Waals surface area (Å²) >= 11 is 1.45. The first kappa shape index (κ1) is 20.0. The molecule has 0 aromatic carbocycles. The van der Waals surface area contributed by atoms with Crippen LogP contribution in [0.2, 0.25) is 0 Å². The first-order chi connectivity index (χ1) is 8.36. The molecule has 2 nitrogen and oxygen atoms in total. The number of hydrogen-bond acceptors (Lipinski definition) is 3. The van der Waals surface area contributed by atoms with Gasteiger partial charge >= 0.3 is 0 Å². The lowest BCUT2D eigenvalue weighted by molar-refractivity contribution is -0.122. The number of thioether (sulfide) groups is 1. The zero-order valence-electron chi connectivity index (χ0n) is 12.9. The van der Waals surface area contributed by atoms with Crippen LogP contribution in [-0.2, 0) is 9.59 Å². The monoisotopic (exact) mass is 274 g/mol. The zero-order chi connectivity index (χ0) is 14.6. The highest BCUT2D eigenvalue weighted by atomic mass is 32.2. The molecule has 0 aromatic rings. The third-order valence-corrected chi connectivity index (χ3v) is 3.71. The van der Waals surface area contributed by atoms with Crippen molar-refractivity contribution in [3.63, 3.8) is 0 Å². The molecule has 0 rings (SSSR count). The van der Waals surface area contributed by atoms with Crippen molar-refractivity contribution in [2.24, 2.45) is 11.8 Å². The second kappa shape index (κ2) is 13.1. The Morgan fingerprint density at radius 1 is 0.944 bits per heavy atom. The number of Topliss-reactive ketones (excluding diaryl/α,β-unsaturated/α-hetero) is 1. The number of hydrogen-bond donors (Lipinski definition) is 0. The molecule has 0 N–H and O–H groups in total. The highest BCUT2D eigenvalue weighted by Gasteiger charge is 2.05. The lowest BCUT2D eigenvalue weighted by Crippen LogP contribution is -2.05. The van der Waals surface area contributed by atoms with E-state index in [1.165, 1.54) is 11.8 Å². The van der Waals surface area contributed by atoms with E-state index in [1.54, 1.807) is 0 Å². The third-order valence-electron chi connectivity index (χ3n) is 2.34. The Bertz CT molecular complexity index is 199. The van der Waals surface area contributed by atoms with Crippen LogP contribution in [0.3, 0.4) is 0 Å². The van der Waals surface area contributed by atoms with Crippen molar-refractivity contribution < 1.29 is 9.59 Å². The maximum absolute atomic E-state index is 10.9. The molecule has 0 aliphatic rings. The fourth-order valence-electron chi connectivity index (χ4n) is 1.01. The van der Waals surface area contributed by atoms with Crippen molar-refractivity contribution in [2.75, 3.05) is 5.75 Å². The van der Waals surface area contributed by atoms with Crippen molar-refractivity contribution in [1.29, 1.82) is 0 Å². The zero-order valence-corrected chi connectivity index (χ0v) is 13.7. The summed E-state index contributed by atoms with van der Waals surface area (Å²) in [6, 6.07) is 0. The van der Waals surface area contributed by atoms with Crippen LogP contribution in [0.25, 0.3) is 0 Å². The second-order valence-corrected chi connectivity index (χ2v) is 6.15. The van der Waals surface area contributed by atoms with E-state index in [1.807, 2.05) is 27.7 Å². The predicted octanol–water partition coefficient (Wildman–Crippen LogP) is 4.71. The van der Waals surface area contributed by atoms with Gasteiger partial charge in [-0.3, -0.25) is 9.59 Å². The molecule has 0 fully saturated rings. The van der Waals surface area contributed by atoms with Gasteiger partial charge in [0.1, 0.15) is 5.78 Å². The minimum Gasteiger partial charge on any atom is -0.299 e. The molecule has 0 amide bonds. The topological polar surface area (TPSA) is 34.1 Å². The highest BCUT2D eigenvalue weighted by molar-refractivity contribution is 8.13. The standard InChI is InChI=1S/C8H16O.C7H14OS/c1-4-5-6-8(9)7(2)3;1-4-5-9-7(8)6(2)3/h7H,4-6H2,1-3H3;6H,4-5H2,1-3H3. The smallest absolute Gasteiger partial charge is 0.191 e. The number of carbonyl (C=O) groups excluding carboxylic acids is 2. The largest absolute Gasteiger partial charge is 0.299 e. The van der Waals surface area contributed by atoms with Gasteiger partial charge in [0.25, 0.3) is 0 Å². The Morgan fingerprint density at radius 2 is 1.50 bits per heavy atom. The van der Waals surface area contributed by atoms with E-state index in [2.05, 4.69) is 13.8 Å². The highest BCUT2D eigenvalue weighted by Crippen LogP contribution is 2.10. The Kier molecular flexibility index (Phi) is 14.6. The quantitative estimate of drug-likeness (QED) is 0.674. The fourth-order valence-corrected chi connectivity index (χ4v) is 1.75. The average Bonchev–Trinajstić information content (AvgIpc) is 2.33. The van der Waals surface area contributed by atoms with E-state index >= 15 is 0 Å². The van der Waals surface area contributed by atoms with Crippen LogP contribution in [0.4, 0.5) is 0 Å². The Morgan fingerprint density at radius 3 is 1.83 bits per heavy atom. The van der Waals surface area contributed by atoms with Crippen LogP contribution < -0.4 is 0 Å². The average molecular weight is 274 g/mol. The Balaban J connectivity index is 0. The van der Waals surface area contributed by atoms with E-state index in [9.17, 15) is 9.59 Å². The number of rotatable bonds is 7. The molecule has 0 bridgehead atoms. The number of unbranched alkanes of at least 4 members (excludes halogenated alkanes) is 1. The Labute approximate surface area is 117 Å². The van der Waals surface area contributed by atoms with Crippen LogP contribution in [0.1, 0.15) is 67.2 Å². The number of ketones is 1. The van der Waals surface area contributed by atoms with Crippen LogP contribution in [0.15, 0.2) is 0 Å². The van der Waals surface area contributed by atoms with Gasteiger partial charge in [0.05, 0.1) is 0 Å². The van der Waals surface area contributed by atoms with Gasteiger partial charge in [-0.05, 0) is 12.8 Å². The molecule has 3 heteroatoms. The molecule has 0 saturated carbocycles. The van der Waals surface area contributed by atoms with Gasteiger partial charge in [0.2, 0.25) is 0 Å². The predicted molar refractivity (Wildman–Crippen MR) is 82.0 cm³/mol. The summed E-state index contributed by atoms with van der Waals surface area (Å²) in [7, 11) is 0. The fraction of sp³-hybridized carbons (Fsp3) is 0.867. The molecule has 0 atom stereocenters. The maximum atomic E-state index is 10.9. The summed E-state index contributed by atoms with van der Waals surface area (Å²) < 4.78 is 0. The van der Waals surface area contributed by atoms with Crippen molar-refractivity contribution in [1.82, 2.24) is 0 Å². The van der Waals surface area contributed by atoms with Crippen molar-refractivity contribution in [3.05, 3.63) is 0 Å². The maximum Gasteiger partial charge on any atom is 0.191 e. The minimum atomic E-state index is 0.196. The van der Waals surface area contributed by atoms with E-state index in [4.69, 9.17) is 0 Å². The lowest BCUT2D eigenvalue weighted by atomic mass is 10.0. The second-order valence-electron chi connectivity index (χ2n) is 5.05. The van der Waals surface area contributed by atoms with Crippen molar-refractivity contribution >= 4 is 22.7 Å². The van der Waals surface area contributed by atoms with Crippen LogP contribution in [0.5, 0.6) is 0 Å². The minimum absolute atomic E-state index is 0.196. The van der Waals surface area contributed by atoms with Gasteiger partial charge in [-0.15, -0.1) is 0 Å². The van der Waals surface area contributed by atoms with Gasteiger partial charge in [0, 0.05) is 24.0 Å². The van der Waals surface area contributed by atoms with Gasteiger partial charge in [-0.25, -0.2) is 0 Å². The molecule has 0 aromatic heterocycles. The van der Waals surface area contributed by atoms with E-state index < -0.39 is 0 Å². The first-order valence-corrected chi connectivity index (χ1v) is 8.04. The van der Waals surface area contributed by atoms with E-state index in [-0.39, 0.29) is 11.8 Å². The van der Waals surface area contributed by atoms with Crippen LogP contribution in [-0.4, -0.2) is 16.7 Å². The van der Waals surface area contributed by atoms with Crippen molar-refractivity contribution in [2.45, 2.75) is 67.2 Å². The third kappa shape index (κ3) is 13.8. The molecule has 0 aliphatic carbocycles.